The highest BCUT2D eigenvalue weighted by Crippen LogP contribution is 1.99. The van der Waals surface area contributed by atoms with E-state index in [0.29, 0.717) is 24.9 Å². The van der Waals surface area contributed by atoms with Crippen LogP contribution in [0.15, 0.2) is 18.3 Å². The van der Waals surface area contributed by atoms with Crippen LogP contribution in [0.3, 0.4) is 0 Å². The Hall–Kier alpha value is -1.71. The van der Waals surface area contributed by atoms with E-state index in [0.717, 1.165) is 5.69 Å². The van der Waals surface area contributed by atoms with E-state index in [2.05, 4.69) is 10.3 Å². The number of pyridine rings is 1. The van der Waals surface area contributed by atoms with Gasteiger partial charge in [-0.15, -0.1) is 0 Å². The molecule has 1 aromatic rings. The molecule has 0 aromatic carbocycles. The fourth-order valence-electron chi connectivity index (χ4n) is 1.24. The van der Waals surface area contributed by atoms with Crippen LogP contribution >= 0.6 is 0 Å². The van der Waals surface area contributed by atoms with Gasteiger partial charge in [-0.05, 0) is 32.4 Å². The predicted molar refractivity (Wildman–Crippen MR) is 61.2 cm³/mol. The van der Waals surface area contributed by atoms with Crippen LogP contribution in [0.2, 0.25) is 0 Å². The summed E-state index contributed by atoms with van der Waals surface area (Å²) in [5.74, 6) is 0.00213. The minimum absolute atomic E-state index is 0.143. The molecule has 0 atom stereocenters. The number of hydrogen-bond donors (Lipinski definition) is 1. The number of amides is 1. The maximum atomic E-state index is 11.6. The van der Waals surface area contributed by atoms with Gasteiger partial charge in [0, 0.05) is 24.9 Å². The van der Waals surface area contributed by atoms with Crippen LogP contribution in [0.5, 0.6) is 0 Å². The first-order chi connectivity index (χ1) is 7.59. The van der Waals surface area contributed by atoms with Gasteiger partial charge in [0.2, 0.25) is 0 Å². The number of hydrogen-bond acceptors (Lipinski definition) is 3. The Morgan fingerprint density at radius 1 is 1.38 bits per heavy atom. The van der Waals surface area contributed by atoms with Crippen molar-refractivity contribution >= 4 is 11.7 Å². The zero-order valence-corrected chi connectivity index (χ0v) is 9.62. The lowest BCUT2D eigenvalue weighted by Gasteiger charge is -2.04. The van der Waals surface area contributed by atoms with Crippen LogP contribution in [0.1, 0.15) is 35.8 Å². The standard InChI is InChI=1S/C12H16N2O2/c1-9-5-6-11(8-14-9)12(16)13-7-3-4-10(2)15/h5-6,8H,3-4,7H2,1-2H3,(H,13,16). The van der Waals surface area contributed by atoms with E-state index >= 15 is 0 Å². The van der Waals surface area contributed by atoms with Gasteiger partial charge in [-0.3, -0.25) is 9.78 Å². The summed E-state index contributed by atoms with van der Waals surface area (Å²) in [5.41, 5.74) is 1.43. The molecule has 0 spiro atoms. The molecule has 0 saturated carbocycles. The van der Waals surface area contributed by atoms with Crippen molar-refractivity contribution in [1.82, 2.24) is 10.3 Å². The quantitative estimate of drug-likeness (QED) is 0.765. The Kier molecular flexibility index (Phi) is 4.64. The van der Waals surface area contributed by atoms with E-state index in [1.807, 2.05) is 6.92 Å². The van der Waals surface area contributed by atoms with Gasteiger partial charge in [-0.25, -0.2) is 0 Å². The van der Waals surface area contributed by atoms with Crippen molar-refractivity contribution in [3.05, 3.63) is 29.6 Å². The first kappa shape index (κ1) is 12.4. The summed E-state index contributed by atoms with van der Waals surface area (Å²) in [6.07, 6.45) is 2.74. The maximum absolute atomic E-state index is 11.6. The third-order valence-corrected chi connectivity index (χ3v) is 2.16. The van der Waals surface area contributed by atoms with Gasteiger partial charge >= 0.3 is 0 Å². The van der Waals surface area contributed by atoms with Crippen LogP contribution in [0.4, 0.5) is 0 Å². The Balaban J connectivity index is 2.35. The maximum Gasteiger partial charge on any atom is 0.252 e. The largest absolute Gasteiger partial charge is 0.352 e. The Labute approximate surface area is 95.1 Å². The number of aryl methyl sites for hydroxylation is 1. The molecule has 86 valence electrons. The Morgan fingerprint density at radius 3 is 2.69 bits per heavy atom. The molecule has 0 saturated heterocycles. The fraction of sp³-hybridized carbons (Fsp3) is 0.417. The minimum Gasteiger partial charge on any atom is -0.352 e. The molecule has 1 amide bonds. The van der Waals surface area contributed by atoms with E-state index in [4.69, 9.17) is 0 Å². The monoisotopic (exact) mass is 220 g/mol. The van der Waals surface area contributed by atoms with Crippen LogP contribution in [0, 0.1) is 6.92 Å². The average molecular weight is 220 g/mol. The van der Waals surface area contributed by atoms with Crippen molar-refractivity contribution in [3.8, 4) is 0 Å². The van der Waals surface area contributed by atoms with Crippen LogP contribution in [-0.4, -0.2) is 23.2 Å². The highest BCUT2D eigenvalue weighted by molar-refractivity contribution is 5.93. The van der Waals surface area contributed by atoms with Crippen molar-refractivity contribution in [3.63, 3.8) is 0 Å². The topological polar surface area (TPSA) is 59.1 Å². The lowest BCUT2D eigenvalue weighted by atomic mass is 10.2. The van der Waals surface area contributed by atoms with E-state index < -0.39 is 0 Å². The molecule has 0 radical (unpaired) electrons. The zero-order chi connectivity index (χ0) is 12.0. The smallest absolute Gasteiger partial charge is 0.252 e. The van der Waals surface area contributed by atoms with Crippen LogP contribution in [0.25, 0.3) is 0 Å². The summed E-state index contributed by atoms with van der Waals surface area (Å²) < 4.78 is 0. The van der Waals surface area contributed by atoms with Crippen molar-refractivity contribution in [2.75, 3.05) is 6.54 Å². The second kappa shape index (κ2) is 6.00. The Morgan fingerprint density at radius 2 is 2.12 bits per heavy atom. The van der Waals surface area contributed by atoms with E-state index in [-0.39, 0.29) is 11.7 Å². The number of nitrogens with one attached hydrogen (secondary N) is 1. The summed E-state index contributed by atoms with van der Waals surface area (Å²) in [5, 5.41) is 2.74. The summed E-state index contributed by atoms with van der Waals surface area (Å²) in [6, 6.07) is 3.53. The Bertz CT molecular complexity index is 371. The van der Waals surface area contributed by atoms with E-state index in [9.17, 15) is 9.59 Å². The molecule has 1 aromatic heterocycles. The number of carbonyl (C=O) groups is 2. The molecule has 0 bridgehead atoms. The van der Waals surface area contributed by atoms with Crippen molar-refractivity contribution in [2.45, 2.75) is 26.7 Å². The van der Waals surface area contributed by atoms with Gasteiger partial charge in [-0.1, -0.05) is 0 Å². The van der Waals surface area contributed by atoms with Crippen LogP contribution < -0.4 is 5.32 Å². The molecule has 1 N–H and O–H groups in total. The normalized spacial score (nSPS) is 9.88. The molecule has 0 aliphatic heterocycles. The molecule has 0 fully saturated rings. The highest BCUT2D eigenvalue weighted by atomic mass is 16.1. The molecule has 4 nitrogen and oxygen atoms in total. The predicted octanol–water partition coefficient (Wildman–Crippen LogP) is 1.49. The van der Waals surface area contributed by atoms with Gasteiger partial charge < -0.3 is 10.1 Å². The lowest BCUT2D eigenvalue weighted by Crippen LogP contribution is -2.24. The third-order valence-electron chi connectivity index (χ3n) is 2.16. The minimum atomic E-state index is -0.143. The van der Waals surface area contributed by atoms with Crippen molar-refractivity contribution in [1.29, 1.82) is 0 Å². The first-order valence-corrected chi connectivity index (χ1v) is 5.30. The van der Waals surface area contributed by atoms with Gasteiger partial charge in [-0.2, -0.15) is 0 Å². The van der Waals surface area contributed by atoms with Gasteiger partial charge in [0.25, 0.3) is 5.91 Å². The molecule has 0 unspecified atom stereocenters. The number of rotatable bonds is 5. The number of nitrogens with zero attached hydrogens (tertiary/aromatic N) is 1. The summed E-state index contributed by atoms with van der Waals surface area (Å²) in [7, 11) is 0. The molecule has 4 heteroatoms. The lowest BCUT2D eigenvalue weighted by molar-refractivity contribution is -0.117. The summed E-state index contributed by atoms with van der Waals surface area (Å²) >= 11 is 0. The van der Waals surface area contributed by atoms with Gasteiger partial charge in [0.15, 0.2) is 0 Å². The molecular formula is C12H16N2O2. The third kappa shape index (κ3) is 4.21. The fourth-order valence-corrected chi connectivity index (χ4v) is 1.24. The number of aromatic nitrogens is 1. The van der Waals surface area contributed by atoms with E-state index in [1.165, 1.54) is 0 Å². The number of Topliss-reactive ketones (excluding diaryl/α,β-unsaturated/α-hetero) is 1. The second-order valence-corrected chi connectivity index (χ2v) is 3.75. The average Bonchev–Trinajstić information content (AvgIpc) is 2.25. The van der Waals surface area contributed by atoms with Crippen molar-refractivity contribution in [2.24, 2.45) is 0 Å². The van der Waals surface area contributed by atoms with E-state index in [1.54, 1.807) is 25.3 Å². The van der Waals surface area contributed by atoms with Gasteiger partial charge in [0.05, 0.1) is 5.56 Å². The van der Waals surface area contributed by atoms with Crippen molar-refractivity contribution < 1.29 is 9.59 Å². The number of ketones is 1. The molecule has 0 aliphatic carbocycles. The second-order valence-electron chi connectivity index (χ2n) is 3.75. The molecule has 1 heterocycles. The molecule has 0 aliphatic rings. The molecule has 16 heavy (non-hydrogen) atoms. The summed E-state index contributed by atoms with van der Waals surface area (Å²) in [6.45, 7) is 3.94. The molecule has 1 rings (SSSR count). The SMILES string of the molecule is CC(=O)CCCNC(=O)c1ccc(C)nc1. The zero-order valence-electron chi connectivity index (χ0n) is 9.62. The number of carbonyl (C=O) groups excluding carboxylic acids is 2. The van der Waals surface area contributed by atoms with Gasteiger partial charge in [0.1, 0.15) is 5.78 Å². The highest BCUT2D eigenvalue weighted by Gasteiger charge is 2.04. The first-order valence-electron chi connectivity index (χ1n) is 5.30. The summed E-state index contributed by atoms with van der Waals surface area (Å²) in [4.78, 5) is 26.3. The molecular weight excluding hydrogens is 204 g/mol. The van der Waals surface area contributed by atoms with Crippen LogP contribution in [-0.2, 0) is 4.79 Å².